The Labute approximate surface area is 70.4 Å². The molecule has 0 radical (unpaired) electrons. The lowest BCUT2D eigenvalue weighted by molar-refractivity contribution is -0.177. The molecule has 0 spiro atoms. The second-order valence-corrected chi connectivity index (χ2v) is 3.67. The minimum absolute atomic E-state index is 0.172. The number of esters is 1. The quantitative estimate of drug-likeness (QED) is 0.476. The van der Waals surface area contributed by atoms with Crippen LogP contribution in [-0.4, -0.2) is 36.3 Å². The maximum atomic E-state index is 11.1. The van der Waals surface area contributed by atoms with Gasteiger partial charge in [0.05, 0.1) is 12.5 Å². The summed E-state index contributed by atoms with van der Waals surface area (Å²) in [4.78, 5) is 16.6. The van der Waals surface area contributed by atoms with E-state index in [1.807, 2.05) is 5.06 Å². The molecule has 12 heavy (non-hydrogen) atoms. The van der Waals surface area contributed by atoms with E-state index in [-0.39, 0.29) is 12.1 Å². The van der Waals surface area contributed by atoms with Crippen LogP contribution in [0, 0.1) is 5.92 Å². The standard InChI is InChI=1S/C8H11NO3/c10-8-7-5(4-11-8)6-2-1-3-9(6)12-7/h5-7H,1-4H2/t5-,6-,7+/m1/s1. The van der Waals surface area contributed by atoms with Crippen LogP contribution in [0.5, 0.6) is 0 Å². The second-order valence-electron chi connectivity index (χ2n) is 3.67. The Kier molecular flexibility index (Phi) is 1.26. The van der Waals surface area contributed by atoms with Gasteiger partial charge < -0.3 is 4.74 Å². The highest BCUT2D eigenvalue weighted by atomic mass is 16.7. The van der Waals surface area contributed by atoms with Crippen molar-refractivity contribution in [3.8, 4) is 0 Å². The highest BCUT2D eigenvalue weighted by Crippen LogP contribution is 2.38. The fourth-order valence-corrected chi connectivity index (χ4v) is 2.43. The monoisotopic (exact) mass is 169 g/mol. The summed E-state index contributed by atoms with van der Waals surface area (Å²) in [6.45, 7) is 1.54. The summed E-state index contributed by atoms with van der Waals surface area (Å²) >= 11 is 0. The number of carbonyl (C=O) groups excluding carboxylic acids is 1. The first-order chi connectivity index (χ1) is 5.86. The fraction of sp³-hybridized carbons (Fsp3) is 0.875. The van der Waals surface area contributed by atoms with E-state index in [9.17, 15) is 4.79 Å². The van der Waals surface area contributed by atoms with Crippen molar-refractivity contribution >= 4 is 5.97 Å². The van der Waals surface area contributed by atoms with Crippen molar-refractivity contribution < 1.29 is 14.4 Å². The van der Waals surface area contributed by atoms with Gasteiger partial charge in [-0.3, -0.25) is 4.84 Å². The van der Waals surface area contributed by atoms with Gasteiger partial charge in [0.15, 0.2) is 6.10 Å². The second kappa shape index (κ2) is 2.20. The third-order valence-corrected chi connectivity index (χ3v) is 3.03. The molecule has 0 aromatic carbocycles. The Morgan fingerprint density at radius 2 is 2.42 bits per heavy atom. The zero-order valence-electron chi connectivity index (χ0n) is 6.73. The lowest BCUT2D eigenvalue weighted by Crippen LogP contribution is -2.26. The van der Waals surface area contributed by atoms with Crippen LogP contribution in [0.3, 0.4) is 0 Å². The smallest absolute Gasteiger partial charge is 0.337 e. The molecule has 0 aliphatic carbocycles. The minimum Gasteiger partial charge on any atom is -0.463 e. The van der Waals surface area contributed by atoms with Gasteiger partial charge in [-0.05, 0) is 12.8 Å². The minimum atomic E-state index is -0.282. The van der Waals surface area contributed by atoms with E-state index < -0.39 is 0 Å². The Hall–Kier alpha value is -0.610. The predicted molar refractivity (Wildman–Crippen MR) is 39.1 cm³/mol. The Morgan fingerprint density at radius 1 is 1.50 bits per heavy atom. The zero-order valence-corrected chi connectivity index (χ0v) is 6.73. The van der Waals surface area contributed by atoms with Gasteiger partial charge in [-0.25, -0.2) is 4.79 Å². The first kappa shape index (κ1) is 6.86. The van der Waals surface area contributed by atoms with Crippen molar-refractivity contribution in [3.63, 3.8) is 0 Å². The Bertz CT molecular complexity index is 230. The van der Waals surface area contributed by atoms with Crippen molar-refractivity contribution in [1.82, 2.24) is 5.06 Å². The van der Waals surface area contributed by atoms with Gasteiger partial charge in [-0.15, -0.1) is 0 Å². The largest absolute Gasteiger partial charge is 0.463 e. The SMILES string of the molecule is O=C1OC[C@H]2[C@@H]1ON1CCC[C@H]21. The average molecular weight is 169 g/mol. The summed E-state index contributed by atoms with van der Waals surface area (Å²) in [7, 11) is 0. The van der Waals surface area contributed by atoms with Crippen LogP contribution in [0.1, 0.15) is 12.8 Å². The van der Waals surface area contributed by atoms with Gasteiger partial charge >= 0.3 is 5.97 Å². The molecule has 0 aromatic rings. The predicted octanol–water partition coefficient (Wildman–Crippen LogP) is -0.0624. The number of hydrogen-bond acceptors (Lipinski definition) is 4. The summed E-state index contributed by atoms with van der Waals surface area (Å²) in [6.07, 6.45) is 2.05. The van der Waals surface area contributed by atoms with E-state index >= 15 is 0 Å². The van der Waals surface area contributed by atoms with E-state index in [1.54, 1.807) is 0 Å². The van der Waals surface area contributed by atoms with Crippen LogP contribution in [0.4, 0.5) is 0 Å². The molecule has 3 aliphatic heterocycles. The molecule has 3 rings (SSSR count). The van der Waals surface area contributed by atoms with Gasteiger partial charge in [0.25, 0.3) is 0 Å². The number of carbonyl (C=O) groups is 1. The molecule has 0 saturated carbocycles. The molecule has 0 aromatic heterocycles. The Balaban J connectivity index is 1.87. The van der Waals surface area contributed by atoms with Crippen LogP contribution in [0.2, 0.25) is 0 Å². The highest BCUT2D eigenvalue weighted by Gasteiger charge is 2.53. The van der Waals surface area contributed by atoms with E-state index in [2.05, 4.69) is 0 Å². The van der Waals surface area contributed by atoms with E-state index in [0.29, 0.717) is 18.6 Å². The maximum absolute atomic E-state index is 11.1. The summed E-state index contributed by atoms with van der Waals surface area (Å²) in [5.74, 6) is 0.134. The number of hydroxylamine groups is 2. The van der Waals surface area contributed by atoms with E-state index in [0.717, 1.165) is 13.0 Å². The lowest BCUT2D eigenvalue weighted by atomic mass is 9.96. The first-order valence-corrected chi connectivity index (χ1v) is 4.46. The topological polar surface area (TPSA) is 38.8 Å². The molecule has 66 valence electrons. The summed E-state index contributed by atoms with van der Waals surface area (Å²) in [5, 5.41) is 1.97. The molecule has 3 heterocycles. The molecule has 3 aliphatic rings. The third-order valence-electron chi connectivity index (χ3n) is 3.03. The lowest BCUT2D eigenvalue weighted by Gasteiger charge is -2.14. The number of ether oxygens (including phenoxy) is 1. The zero-order chi connectivity index (χ0) is 8.13. The molecule has 0 unspecified atom stereocenters. The molecule has 0 N–H and O–H groups in total. The third kappa shape index (κ3) is 0.716. The van der Waals surface area contributed by atoms with Crippen LogP contribution >= 0.6 is 0 Å². The van der Waals surface area contributed by atoms with E-state index in [4.69, 9.17) is 9.57 Å². The molecule has 3 atom stereocenters. The van der Waals surface area contributed by atoms with Crippen molar-refractivity contribution in [2.24, 2.45) is 5.92 Å². The molecule has 3 fully saturated rings. The van der Waals surface area contributed by atoms with Crippen LogP contribution in [0.15, 0.2) is 0 Å². The Morgan fingerprint density at radius 3 is 3.33 bits per heavy atom. The van der Waals surface area contributed by atoms with Crippen molar-refractivity contribution in [3.05, 3.63) is 0 Å². The molecular weight excluding hydrogens is 158 g/mol. The molecule has 4 nitrogen and oxygen atoms in total. The summed E-state index contributed by atoms with van der Waals surface area (Å²) in [5.41, 5.74) is 0. The van der Waals surface area contributed by atoms with Crippen LogP contribution in [-0.2, 0) is 14.4 Å². The first-order valence-electron chi connectivity index (χ1n) is 4.46. The van der Waals surface area contributed by atoms with Crippen molar-refractivity contribution in [2.75, 3.05) is 13.2 Å². The van der Waals surface area contributed by atoms with Crippen molar-refractivity contribution in [1.29, 1.82) is 0 Å². The van der Waals surface area contributed by atoms with E-state index in [1.165, 1.54) is 6.42 Å². The van der Waals surface area contributed by atoms with Gasteiger partial charge in [0.1, 0.15) is 0 Å². The van der Waals surface area contributed by atoms with Crippen molar-refractivity contribution in [2.45, 2.75) is 25.0 Å². The normalized spacial score (nSPS) is 46.0. The number of hydrogen-bond donors (Lipinski definition) is 0. The average Bonchev–Trinajstić information content (AvgIpc) is 2.63. The molecule has 4 heteroatoms. The number of nitrogens with zero attached hydrogens (tertiary/aromatic N) is 1. The van der Waals surface area contributed by atoms with Gasteiger partial charge in [-0.1, -0.05) is 0 Å². The highest BCUT2D eigenvalue weighted by molar-refractivity contribution is 5.77. The summed E-state index contributed by atoms with van der Waals surface area (Å²) in [6, 6.07) is 0.446. The maximum Gasteiger partial charge on any atom is 0.337 e. The van der Waals surface area contributed by atoms with Crippen LogP contribution < -0.4 is 0 Å². The number of rotatable bonds is 0. The molecular formula is C8H11NO3. The number of cyclic esters (lactones) is 1. The van der Waals surface area contributed by atoms with Gasteiger partial charge in [0.2, 0.25) is 0 Å². The molecule has 3 saturated heterocycles. The van der Waals surface area contributed by atoms with Gasteiger partial charge in [-0.2, -0.15) is 5.06 Å². The van der Waals surface area contributed by atoms with Crippen LogP contribution in [0.25, 0.3) is 0 Å². The fourth-order valence-electron chi connectivity index (χ4n) is 2.43. The van der Waals surface area contributed by atoms with Gasteiger partial charge in [0, 0.05) is 12.6 Å². The number of fused-ring (bicyclic) bond motifs is 3. The molecule has 0 bridgehead atoms. The summed E-state index contributed by atoms with van der Waals surface area (Å²) < 4.78 is 4.94. The molecule has 0 amide bonds.